The van der Waals surface area contributed by atoms with Crippen LogP contribution in [0.15, 0.2) is 48.5 Å². The number of hydrogen-bond acceptors (Lipinski definition) is 2. The molecule has 0 aliphatic heterocycles. The van der Waals surface area contributed by atoms with Gasteiger partial charge in [-0.2, -0.15) is 0 Å². The molecule has 0 unspecified atom stereocenters. The van der Waals surface area contributed by atoms with Crippen molar-refractivity contribution < 1.29 is 14.0 Å². The molecule has 0 fully saturated rings. The first-order chi connectivity index (χ1) is 13.3. The lowest BCUT2D eigenvalue weighted by atomic mass is 10.1. The maximum atomic E-state index is 14.2. The Kier molecular flexibility index (Phi) is 7.73. The predicted molar refractivity (Wildman–Crippen MR) is 109 cm³/mol. The highest BCUT2D eigenvalue weighted by Gasteiger charge is 2.27. The third-order valence-electron chi connectivity index (χ3n) is 4.59. The van der Waals surface area contributed by atoms with E-state index in [0.29, 0.717) is 18.0 Å². The van der Waals surface area contributed by atoms with Crippen molar-refractivity contribution in [2.24, 2.45) is 5.92 Å². The van der Waals surface area contributed by atoms with Gasteiger partial charge in [-0.1, -0.05) is 61.9 Å². The minimum absolute atomic E-state index is 0.0492. The van der Waals surface area contributed by atoms with Gasteiger partial charge >= 0.3 is 0 Å². The maximum absolute atomic E-state index is 14.2. The number of benzene rings is 2. The Hall–Kier alpha value is -2.69. The Morgan fingerprint density at radius 2 is 1.79 bits per heavy atom. The van der Waals surface area contributed by atoms with Gasteiger partial charge in [0.15, 0.2) is 0 Å². The van der Waals surface area contributed by atoms with Crippen molar-refractivity contribution >= 4 is 11.8 Å². The molecule has 5 heteroatoms. The Balaban J connectivity index is 2.22. The molecule has 2 aromatic rings. The minimum Gasteiger partial charge on any atom is -0.354 e. The topological polar surface area (TPSA) is 49.4 Å². The standard InChI is InChI=1S/C23H29FN2O2/c1-16(2)14-25-23(28)18(4)26(15-20-10-5-6-11-21(20)24)22(27)13-19-9-7-8-17(3)12-19/h5-12,16,18H,13-15H2,1-4H3,(H,25,28)/t18-/m1/s1. The zero-order valence-corrected chi connectivity index (χ0v) is 17.0. The molecule has 0 aliphatic carbocycles. The van der Waals surface area contributed by atoms with E-state index in [1.807, 2.05) is 45.0 Å². The summed E-state index contributed by atoms with van der Waals surface area (Å²) < 4.78 is 14.2. The number of hydrogen-bond donors (Lipinski definition) is 1. The number of nitrogens with one attached hydrogen (secondary N) is 1. The number of amides is 2. The highest BCUT2D eigenvalue weighted by atomic mass is 19.1. The van der Waals surface area contributed by atoms with Crippen molar-refractivity contribution in [1.29, 1.82) is 0 Å². The molecule has 1 N–H and O–H groups in total. The molecule has 0 saturated heterocycles. The molecule has 1 atom stereocenters. The van der Waals surface area contributed by atoms with Crippen LogP contribution in [0.25, 0.3) is 0 Å². The third-order valence-corrected chi connectivity index (χ3v) is 4.59. The Labute approximate surface area is 166 Å². The van der Waals surface area contributed by atoms with Crippen LogP contribution in [0.2, 0.25) is 0 Å². The van der Waals surface area contributed by atoms with Gasteiger partial charge in [0.2, 0.25) is 11.8 Å². The van der Waals surface area contributed by atoms with E-state index in [0.717, 1.165) is 11.1 Å². The van der Waals surface area contributed by atoms with E-state index in [1.165, 1.54) is 11.0 Å². The maximum Gasteiger partial charge on any atom is 0.242 e. The lowest BCUT2D eigenvalue weighted by molar-refractivity contribution is -0.140. The average Bonchev–Trinajstić information content (AvgIpc) is 2.64. The van der Waals surface area contributed by atoms with E-state index in [2.05, 4.69) is 5.32 Å². The fourth-order valence-electron chi connectivity index (χ4n) is 2.94. The first-order valence-corrected chi connectivity index (χ1v) is 9.64. The summed E-state index contributed by atoms with van der Waals surface area (Å²) in [6, 6.07) is 13.3. The predicted octanol–water partition coefficient (Wildman–Crippen LogP) is 3.87. The lowest BCUT2D eigenvalue weighted by Gasteiger charge is -2.29. The molecule has 0 saturated carbocycles. The highest BCUT2D eigenvalue weighted by Crippen LogP contribution is 2.15. The van der Waals surface area contributed by atoms with E-state index in [4.69, 9.17) is 0 Å². The largest absolute Gasteiger partial charge is 0.354 e. The number of aryl methyl sites for hydroxylation is 1. The van der Waals surface area contributed by atoms with Gasteiger partial charge in [-0.3, -0.25) is 9.59 Å². The van der Waals surface area contributed by atoms with Crippen LogP contribution in [-0.4, -0.2) is 29.3 Å². The molecule has 0 heterocycles. The normalized spacial score (nSPS) is 11.9. The van der Waals surface area contributed by atoms with Crippen molar-refractivity contribution in [3.05, 3.63) is 71.0 Å². The summed E-state index contributed by atoms with van der Waals surface area (Å²) >= 11 is 0. The second-order valence-electron chi connectivity index (χ2n) is 7.59. The van der Waals surface area contributed by atoms with E-state index in [9.17, 15) is 14.0 Å². The average molecular weight is 384 g/mol. The fourth-order valence-corrected chi connectivity index (χ4v) is 2.94. The van der Waals surface area contributed by atoms with Crippen molar-refractivity contribution in [3.8, 4) is 0 Å². The lowest BCUT2D eigenvalue weighted by Crippen LogP contribution is -2.48. The number of rotatable bonds is 8. The first-order valence-electron chi connectivity index (χ1n) is 9.64. The van der Waals surface area contributed by atoms with E-state index < -0.39 is 6.04 Å². The summed E-state index contributed by atoms with van der Waals surface area (Å²) in [7, 11) is 0. The zero-order chi connectivity index (χ0) is 20.7. The molecular weight excluding hydrogens is 355 g/mol. The molecule has 0 aliphatic rings. The Morgan fingerprint density at radius 3 is 2.43 bits per heavy atom. The molecule has 4 nitrogen and oxygen atoms in total. The van der Waals surface area contributed by atoms with Crippen LogP contribution in [0.4, 0.5) is 4.39 Å². The fraction of sp³-hybridized carbons (Fsp3) is 0.391. The summed E-state index contributed by atoms with van der Waals surface area (Å²) in [6.45, 7) is 8.24. The number of carbonyl (C=O) groups is 2. The van der Waals surface area contributed by atoms with E-state index in [-0.39, 0.29) is 30.6 Å². The van der Waals surface area contributed by atoms with Crippen LogP contribution in [0, 0.1) is 18.7 Å². The quantitative estimate of drug-likeness (QED) is 0.751. The van der Waals surface area contributed by atoms with Crippen molar-refractivity contribution in [1.82, 2.24) is 10.2 Å². The molecule has 150 valence electrons. The second-order valence-corrected chi connectivity index (χ2v) is 7.59. The summed E-state index contributed by atoms with van der Waals surface area (Å²) in [5.74, 6) is -0.520. The van der Waals surface area contributed by atoms with Crippen LogP contribution in [0.1, 0.15) is 37.5 Å². The summed E-state index contributed by atoms with van der Waals surface area (Å²) in [5, 5.41) is 2.86. The molecule has 0 bridgehead atoms. The molecule has 2 amide bonds. The van der Waals surface area contributed by atoms with Crippen LogP contribution in [0.5, 0.6) is 0 Å². The van der Waals surface area contributed by atoms with Gasteiger partial charge in [0.1, 0.15) is 11.9 Å². The molecule has 0 spiro atoms. The number of carbonyl (C=O) groups excluding carboxylic acids is 2. The SMILES string of the molecule is Cc1cccc(CC(=O)N(Cc2ccccc2F)[C@H](C)C(=O)NCC(C)C)c1. The molecule has 2 rings (SSSR count). The number of halogens is 1. The molecule has 2 aromatic carbocycles. The zero-order valence-electron chi connectivity index (χ0n) is 17.0. The van der Waals surface area contributed by atoms with Crippen molar-refractivity contribution in [2.45, 2.75) is 46.7 Å². The van der Waals surface area contributed by atoms with Crippen LogP contribution < -0.4 is 5.32 Å². The Morgan fingerprint density at radius 1 is 1.07 bits per heavy atom. The van der Waals surface area contributed by atoms with Crippen LogP contribution in [0.3, 0.4) is 0 Å². The monoisotopic (exact) mass is 384 g/mol. The molecule has 0 radical (unpaired) electrons. The van der Waals surface area contributed by atoms with Gasteiger partial charge in [-0.05, 0) is 31.4 Å². The Bertz CT molecular complexity index is 820. The second kappa shape index (κ2) is 10.0. The summed E-state index contributed by atoms with van der Waals surface area (Å²) in [6.07, 6.45) is 0.165. The van der Waals surface area contributed by atoms with Crippen molar-refractivity contribution in [3.63, 3.8) is 0 Å². The van der Waals surface area contributed by atoms with Gasteiger partial charge in [-0.15, -0.1) is 0 Å². The summed E-state index contributed by atoms with van der Waals surface area (Å²) in [5.41, 5.74) is 2.33. The van der Waals surface area contributed by atoms with Gasteiger partial charge in [-0.25, -0.2) is 4.39 Å². The molecule has 28 heavy (non-hydrogen) atoms. The highest BCUT2D eigenvalue weighted by molar-refractivity contribution is 5.88. The van der Waals surface area contributed by atoms with Crippen LogP contribution >= 0.6 is 0 Å². The van der Waals surface area contributed by atoms with E-state index in [1.54, 1.807) is 25.1 Å². The van der Waals surface area contributed by atoms with Gasteiger partial charge < -0.3 is 10.2 Å². The van der Waals surface area contributed by atoms with Crippen molar-refractivity contribution in [2.75, 3.05) is 6.54 Å². The first kappa shape index (κ1) is 21.6. The minimum atomic E-state index is -0.698. The molecule has 0 aromatic heterocycles. The van der Waals surface area contributed by atoms with E-state index >= 15 is 0 Å². The van der Waals surface area contributed by atoms with Gasteiger partial charge in [0.25, 0.3) is 0 Å². The number of nitrogens with zero attached hydrogens (tertiary/aromatic N) is 1. The third kappa shape index (κ3) is 6.19. The smallest absolute Gasteiger partial charge is 0.242 e. The van der Waals surface area contributed by atoms with Gasteiger partial charge in [0, 0.05) is 18.7 Å². The van der Waals surface area contributed by atoms with Gasteiger partial charge in [0.05, 0.1) is 6.42 Å². The summed E-state index contributed by atoms with van der Waals surface area (Å²) in [4.78, 5) is 27.1. The molecular formula is C23H29FN2O2. The van der Waals surface area contributed by atoms with Crippen LogP contribution in [-0.2, 0) is 22.6 Å².